The molecule has 1 saturated carbocycles. The van der Waals surface area contributed by atoms with Gasteiger partial charge in [0.05, 0.1) is 11.8 Å². The number of ketones is 2. The maximum Gasteiger partial charge on any atom is 0.231 e. The number of hydrogen-bond donors (Lipinski definition) is 1. The van der Waals surface area contributed by atoms with E-state index in [1.165, 1.54) is 0 Å². The SMILES string of the molecule is N=C=O.O=C1C(=O)C(c2ccccc2)C1c1ccccc1. The van der Waals surface area contributed by atoms with E-state index >= 15 is 0 Å². The van der Waals surface area contributed by atoms with Crippen LogP contribution in [0.1, 0.15) is 23.0 Å². The molecule has 0 spiro atoms. The molecular weight excluding hydrogens is 266 g/mol. The zero-order chi connectivity index (χ0) is 15.2. The largest absolute Gasteiger partial charge is 0.290 e. The lowest BCUT2D eigenvalue weighted by molar-refractivity contribution is -0.146. The number of carbonyl (C=O) groups excluding carboxylic acids is 3. The van der Waals surface area contributed by atoms with E-state index in [2.05, 4.69) is 0 Å². The van der Waals surface area contributed by atoms with Crippen molar-refractivity contribution in [1.29, 1.82) is 5.41 Å². The Morgan fingerprint density at radius 2 is 1.00 bits per heavy atom. The first kappa shape index (κ1) is 14.6. The van der Waals surface area contributed by atoms with Crippen molar-refractivity contribution >= 4 is 17.6 Å². The average Bonchev–Trinajstić information content (AvgIpc) is 2.54. The number of nitrogens with one attached hydrogen (secondary N) is 1. The Morgan fingerprint density at radius 3 is 1.29 bits per heavy atom. The van der Waals surface area contributed by atoms with E-state index in [4.69, 9.17) is 10.2 Å². The number of carbonyl (C=O) groups is 2. The minimum Gasteiger partial charge on any atom is -0.290 e. The lowest BCUT2D eigenvalue weighted by atomic mass is 9.65. The summed E-state index contributed by atoms with van der Waals surface area (Å²) in [5.74, 6) is -1.15. The molecule has 2 atom stereocenters. The van der Waals surface area contributed by atoms with Crippen molar-refractivity contribution in [2.24, 2.45) is 0 Å². The van der Waals surface area contributed by atoms with Crippen LogP contribution in [0.15, 0.2) is 60.7 Å². The highest BCUT2D eigenvalue weighted by Gasteiger charge is 2.50. The summed E-state index contributed by atoms with van der Waals surface area (Å²) in [4.78, 5) is 31.9. The zero-order valence-electron chi connectivity index (χ0n) is 11.2. The van der Waals surface area contributed by atoms with Gasteiger partial charge >= 0.3 is 0 Å². The van der Waals surface area contributed by atoms with Gasteiger partial charge in [0, 0.05) is 0 Å². The molecule has 0 aromatic heterocycles. The second-order valence-electron chi connectivity index (χ2n) is 4.61. The second-order valence-corrected chi connectivity index (χ2v) is 4.61. The summed E-state index contributed by atoms with van der Waals surface area (Å²) in [6.07, 6.45) is 0.750. The van der Waals surface area contributed by atoms with E-state index in [0.29, 0.717) is 0 Å². The molecule has 1 aliphatic carbocycles. The molecule has 2 aromatic rings. The van der Waals surface area contributed by atoms with Crippen LogP contribution in [-0.2, 0) is 14.4 Å². The number of rotatable bonds is 2. The minimum atomic E-state index is -0.305. The van der Waals surface area contributed by atoms with Crippen LogP contribution in [0.5, 0.6) is 0 Å². The quantitative estimate of drug-likeness (QED) is 0.521. The molecule has 104 valence electrons. The van der Waals surface area contributed by atoms with Crippen LogP contribution < -0.4 is 0 Å². The van der Waals surface area contributed by atoms with Crippen molar-refractivity contribution in [2.75, 3.05) is 0 Å². The predicted octanol–water partition coefficient (Wildman–Crippen LogP) is 2.61. The molecule has 0 aliphatic heterocycles. The van der Waals surface area contributed by atoms with E-state index in [1.807, 2.05) is 60.7 Å². The Balaban J connectivity index is 0.000000497. The van der Waals surface area contributed by atoms with Crippen LogP contribution in [0.4, 0.5) is 0 Å². The minimum absolute atomic E-state index is 0.268. The molecule has 0 amide bonds. The summed E-state index contributed by atoms with van der Waals surface area (Å²) in [5, 5.41) is 5.40. The van der Waals surface area contributed by atoms with E-state index in [1.54, 1.807) is 0 Å². The van der Waals surface area contributed by atoms with E-state index in [9.17, 15) is 9.59 Å². The molecule has 1 fully saturated rings. The molecule has 0 bridgehead atoms. The average molecular weight is 279 g/mol. The highest BCUT2D eigenvalue weighted by molar-refractivity contribution is 6.49. The van der Waals surface area contributed by atoms with Gasteiger partial charge in [0.15, 0.2) is 0 Å². The first-order valence-corrected chi connectivity index (χ1v) is 6.42. The van der Waals surface area contributed by atoms with Crippen molar-refractivity contribution in [2.45, 2.75) is 11.8 Å². The Morgan fingerprint density at radius 1 is 0.714 bits per heavy atom. The molecule has 2 aromatic carbocycles. The van der Waals surface area contributed by atoms with Crippen molar-refractivity contribution in [3.8, 4) is 0 Å². The smallest absolute Gasteiger partial charge is 0.231 e. The fraction of sp³-hybridized carbons (Fsp3) is 0.118. The topological polar surface area (TPSA) is 75.1 Å². The lowest BCUT2D eigenvalue weighted by Gasteiger charge is -2.33. The van der Waals surface area contributed by atoms with Crippen molar-refractivity contribution in [3.05, 3.63) is 71.8 Å². The fourth-order valence-corrected chi connectivity index (χ4v) is 2.52. The summed E-state index contributed by atoms with van der Waals surface area (Å²) < 4.78 is 0. The lowest BCUT2D eigenvalue weighted by Crippen LogP contribution is -2.44. The number of hydrogen-bond acceptors (Lipinski definition) is 4. The third-order valence-corrected chi connectivity index (χ3v) is 3.46. The van der Waals surface area contributed by atoms with Crippen LogP contribution in [0, 0.1) is 5.41 Å². The molecule has 0 saturated heterocycles. The first-order chi connectivity index (χ1) is 10.2. The van der Waals surface area contributed by atoms with Gasteiger partial charge in [-0.25, -0.2) is 10.2 Å². The number of benzene rings is 2. The van der Waals surface area contributed by atoms with Crippen LogP contribution in [0.3, 0.4) is 0 Å². The monoisotopic (exact) mass is 279 g/mol. The summed E-state index contributed by atoms with van der Waals surface area (Å²) >= 11 is 0. The molecule has 2 unspecified atom stereocenters. The Bertz CT molecular complexity index is 618. The summed E-state index contributed by atoms with van der Waals surface area (Å²) in [6.45, 7) is 0. The van der Waals surface area contributed by atoms with Gasteiger partial charge in [-0.05, 0) is 11.1 Å². The first-order valence-electron chi connectivity index (χ1n) is 6.42. The van der Waals surface area contributed by atoms with Crippen molar-refractivity contribution in [1.82, 2.24) is 0 Å². The molecular formula is C17H13NO3. The van der Waals surface area contributed by atoms with Crippen molar-refractivity contribution in [3.63, 3.8) is 0 Å². The Hall–Kier alpha value is -2.84. The van der Waals surface area contributed by atoms with E-state index in [0.717, 1.165) is 17.2 Å². The van der Waals surface area contributed by atoms with Crippen LogP contribution in [-0.4, -0.2) is 17.6 Å². The van der Waals surface area contributed by atoms with Gasteiger partial charge in [-0.2, -0.15) is 0 Å². The van der Waals surface area contributed by atoms with Crippen LogP contribution in [0.2, 0.25) is 0 Å². The second kappa shape index (κ2) is 6.55. The molecule has 0 radical (unpaired) electrons. The van der Waals surface area contributed by atoms with Gasteiger partial charge in [-0.3, -0.25) is 9.59 Å². The maximum atomic E-state index is 11.8. The third-order valence-electron chi connectivity index (χ3n) is 3.46. The van der Waals surface area contributed by atoms with Gasteiger partial charge in [-0.1, -0.05) is 60.7 Å². The molecule has 1 aliphatic rings. The summed E-state index contributed by atoms with van der Waals surface area (Å²) in [5.41, 5.74) is 1.85. The number of Topliss-reactive ketones (excluding diaryl/α,β-unsaturated/α-hetero) is 2. The van der Waals surface area contributed by atoms with Gasteiger partial charge in [0.2, 0.25) is 17.6 Å². The van der Waals surface area contributed by atoms with Gasteiger partial charge < -0.3 is 0 Å². The molecule has 0 heterocycles. The van der Waals surface area contributed by atoms with E-state index in [-0.39, 0.29) is 23.4 Å². The molecule has 1 N–H and O–H groups in total. The van der Waals surface area contributed by atoms with Crippen LogP contribution in [0.25, 0.3) is 0 Å². The van der Waals surface area contributed by atoms with Gasteiger partial charge in [0.1, 0.15) is 0 Å². The Kier molecular flexibility index (Phi) is 4.54. The summed E-state index contributed by atoms with van der Waals surface area (Å²) in [7, 11) is 0. The molecule has 4 nitrogen and oxygen atoms in total. The summed E-state index contributed by atoms with van der Waals surface area (Å²) in [6, 6.07) is 19.0. The maximum absolute atomic E-state index is 11.8. The van der Waals surface area contributed by atoms with E-state index < -0.39 is 0 Å². The molecule has 3 rings (SSSR count). The zero-order valence-corrected chi connectivity index (χ0v) is 11.2. The fourth-order valence-electron chi connectivity index (χ4n) is 2.52. The van der Waals surface area contributed by atoms with Gasteiger partial charge in [0.25, 0.3) is 0 Å². The van der Waals surface area contributed by atoms with Crippen LogP contribution >= 0.6 is 0 Å². The normalized spacial score (nSPS) is 19.8. The highest BCUT2D eigenvalue weighted by Crippen LogP contribution is 2.43. The third kappa shape index (κ3) is 2.86. The predicted molar refractivity (Wildman–Crippen MR) is 76.8 cm³/mol. The highest BCUT2D eigenvalue weighted by atomic mass is 16.2. The van der Waals surface area contributed by atoms with Crippen molar-refractivity contribution < 1.29 is 14.4 Å². The standard InChI is InChI=1S/C16H12O2.CHNO/c17-15-13(11-7-3-1-4-8-11)14(16(15)18)12-9-5-2-6-10-12;2-1-3/h1-10,13-14H;2H. The molecule has 4 heteroatoms. The number of isocyanates is 1. The molecule has 21 heavy (non-hydrogen) atoms. The van der Waals surface area contributed by atoms with Gasteiger partial charge in [-0.15, -0.1) is 0 Å². The Labute approximate surface area is 121 Å².